The lowest BCUT2D eigenvalue weighted by Crippen LogP contribution is -2.48. The summed E-state index contributed by atoms with van der Waals surface area (Å²) in [5, 5.41) is 0. The van der Waals surface area contributed by atoms with Crippen LogP contribution < -0.4 is 0 Å². The van der Waals surface area contributed by atoms with Gasteiger partial charge in [0.05, 0.1) is 6.61 Å². The van der Waals surface area contributed by atoms with Crippen molar-refractivity contribution >= 4 is 16.4 Å². The Kier molecular flexibility index (Phi) is 4.52. The lowest BCUT2D eigenvalue weighted by molar-refractivity contribution is -0.156. The maximum absolute atomic E-state index is 12.7. The molecule has 0 amide bonds. The van der Waals surface area contributed by atoms with Crippen molar-refractivity contribution in [2.75, 3.05) is 13.7 Å². The Labute approximate surface area is 152 Å². The van der Waals surface area contributed by atoms with Crippen LogP contribution in [0.1, 0.15) is 24.3 Å². The standard InChI is InChI=1S/C17H21NO7S/c1-18-13-7-11(8-14(18)16-15(13)25-16)24-17(19)12(9-23-26(20,21)22)10-5-3-2-4-6-10/h2-6,11-16H,7-9H2,1H3,(H,20,21,22)/t11?,12-,13?,14?,15?,16?/m1/s1. The smallest absolute Gasteiger partial charge is 0.397 e. The highest BCUT2D eigenvalue weighted by Crippen LogP contribution is 2.48. The molecule has 4 unspecified atom stereocenters. The molecule has 3 fully saturated rings. The predicted molar refractivity (Wildman–Crippen MR) is 89.8 cm³/mol. The number of esters is 1. The molecule has 3 aliphatic rings. The van der Waals surface area contributed by atoms with E-state index in [1.54, 1.807) is 30.3 Å². The molecule has 26 heavy (non-hydrogen) atoms. The largest absolute Gasteiger partial charge is 0.462 e. The molecule has 9 heteroatoms. The van der Waals surface area contributed by atoms with Gasteiger partial charge in [-0.1, -0.05) is 30.3 Å². The summed E-state index contributed by atoms with van der Waals surface area (Å²) in [6, 6.07) is 9.16. The molecule has 5 atom stereocenters. The van der Waals surface area contributed by atoms with E-state index in [-0.39, 0.29) is 30.4 Å². The second-order valence-electron chi connectivity index (χ2n) is 7.07. The molecule has 142 valence electrons. The average molecular weight is 383 g/mol. The van der Waals surface area contributed by atoms with E-state index in [0.717, 1.165) is 0 Å². The van der Waals surface area contributed by atoms with Crippen molar-refractivity contribution in [3.63, 3.8) is 0 Å². The molecule has 3 aliphatic heterocycles. The number of hydrogen-bond donors (Lipinski definition) is 1. The molecule has 1 aromatic rings. The van der Waals surface area contributed by atoms with Crippen molar-refractivity contribution in [3.8, 4) is 0 Å². The van der Waals surface area contributed by atoms with Crippen LogP contribution >= 0.6 is 0 Å². The Hall–Kier alpha value is -1.52. The van der Waals surface area contributed by atoms with Crippen LogP contribution in [0.3, 0.4) is 0 Å². The van der Waals surface area contributed by atoms with Crippen LogP contribution in [0.4, 0.5) is 0 Å². The van der Waals surface area contributed by atoms with Crippen molar-refractivity contribution in [2.24, 2.45) is 0 Å². The topological polar surface area (TPSA) is 106 Å². The van der Waals surface area contributed by atoms with E-state index in [2.05, 4.69) is 16.1 Å². The van der Waals surface area contributed by atoms with Gasteiger partial charge in [-0.25, -0.2) is 4.18 Å². The van der Waals surface area contributed by atoms with Crippen LogP contribution in [0, 0.1) is 0 Å². The first-order valence-electron chi connectivity index (χ1n) is 8.58. The number of carbonyl (C=O) groups is 1. The first-order chi connectivity index (χ1) is 12.3. The summed E-state index contributed by atoms with van der Waals surface area (Å²) in [5.41, 5.74) is 0.572. The molecular formula is C17H21NO7S. The van der Waals surface area contributed by atoms with Crippen LogP contribution in [-0.2, 0) is 28.9 Å². The summed E-state index contributed by atoms with van der Waals surface area (Å²) >= 11 is 0. The Balaban J connectivity index is 1.45. The van der Waals surface area contributed by atoms with Crippen LogP contribution in [0.2, 0.25) is 0 Å². The number of morpholine rings is 1. The SMILES string of the molecule is CN1C2CC(OC(=O)[C@H](COS(=O)(=O)O)c3ccccc3)CC1C1OC12. The molecule has 1 aromatic carbocycles. The highest BCUT2D eigenvalue weighted by Gasteiger charge is 2.62. The molecule has 0 saturated carbocycles. The third kappa shape index (κ3) is 3.49. The van der Waals surface area contributed by atoms with Crippen LogP contribution in [-0.4, -0.2) is 67.9 Å². The number of nitrogens with zero attached hydrogens (tertiary/aromatic N) is 1. The van der Waals surface area contributed by atoms with Gasteiger partial charge in [0.1, 0.15) is 24.2 Å². The number of hydrogen-bond acceptors (Lipinski definition) is 7. The van der Waals surface area contributed by atoms with Gasteiger partial charge >= 0.3 is 16.4 Å². The summed E-state index contributed by atoms with van der Waals surface area (Å²) in [7, 11) is -2.58. The minimum atomic E-state index is -4.64. The molecule has 0 aromatic heterocycles. The Morgan fingerprint density at radius 1 is 1.27 bits per heavy atom. The Morgan fingerprint density at radius 2 is 1.88 bits per heavy atom. The lowest BCUT2D eigenvalue weighted by atomic mass is 9.97. The number of epoxide rings is 1. The second kappa shape index (κ2) is 6.58. The average Bonchev–Trinajstić information content (AvgIpc) is 3.33. The molecule has 8 nitrogen and oxygen atoms in total. The van der Waals surface area contributed by atoms with E-state index in [1.165, 1.54) is 0 Å². The lowest BCUT2D eigenvalue weighted by Gasteiger charge is -2.38. The van der Waals surface area contributed by atoms with E-state index < -0.39 is 28.9 Å². The molecule has 3 saturated heterocycles. The second-order valence-corrected chi connectivity index (χ2v) is 8.16. The fourth-order valence-electron chi connectivity index (χ4n) is 4.18. The number of carbonyl (C=O) groups excluding carboxylic acids is 1. The van der Waals surface area contributed by atoms with Gasteiger partial charge < -0.3 is 9.47 Å². The summed E-state index contributed by atoms with van der Waals surface area (Å²) in [6.45, 7) is -0.504. The van der Waals surface area contributed by atoms with Crippen LogP contribution in [0.5, 0.6) is 0 Å². The van der Waals surface area contributed by atoms with E-state index in [4.69, 9.17) is 14.0 Å². The molecular weight excluding hydrogens is 362 g/mol. The third-order valence-corrected chi connectivity index (χ3v) is 5.96. The molecule has 0 radical (unpaired) electrons. The zero-order chi connectivity index (χ0) is 18.5. The Morgan fingerprint density at radius 3 is 2.46 bits per heavy atom. The van der Waals surface area contributed by atoms with Crippen LogP contribution in [0.25, 0.3) is 0 Å². The number of likely N-dealkylation sites (N-methyl/N-ethyl adjacent to an activating group) is 1. The van der Waals surface area contributed by atoms with Gasteiger partial charge in [-0.05, 0) is 12.6 Å². The number of piperidine rings is 1. The monoisotopic (exact) mass is 383 g/mol. The molecule has 0 spiro atoms. The minimum absolute atomic E-state index is 0.234. The molecule has 3 heterocycles. The van der Waals surface area contributed by atoms with Crippen molar-refractivity contribution in [2.45, 2.75) is 49.2 Å². The van der Waals surface area contributed by atoms with Gasteiger partial charge in [0.2, 0.25) is 0 Å². The maximum Gasteiger partial charge on any atom is 0.397 e. The van der Waals surface area contributed by atoms with Gasteiger partial charge in [-0.2, -0.15) is 8.42 Å². The number of benzene rings is 1. The Bertz CT molecular complexity index is 766. The number of rotatable bonds is 6. The van der Waals surface area contributed by atoms with Crippen molar-refractivity contribution in [1.82, 2.24) is 4.90 Å². The summed E-state index contributed by atoms with van der Waals surface area (Å²) < 4.78 is 46.4. The van der Waals surface area contributed by atoms with E-state index in [1.807, 2.05) is 0 Å². The maximum atomic E-state index is 12.7. The van der Waals surface area contributed by atoms with E-state index in [0.29, 0.717) is 18.4 Å². The number of ether oxygens (including phenoxy) is 2. The van der Waals surface area contributed by atoms with Gasteiger partial charge in [-0.15, -0.1) is 0 Å². The summed E-state index contributed by atoms with van der Waals surface area (Å²) in [5.74, 6) is -1.48. The van der Waals surface area contributed by atoms with Gasteiger partial charge in [-0.3, -0.25) is 14.2 Å². The molecule has 2 bridgehead atoms. The first-order valence-corrected chi connectivity index (χ1v) is 9.94. The highest BCUT2D eigenvalue weighted by atomic mass is 32.3. The molecule has 1 N–H and O–H groups in total. The van der Waals surface area contributed by atoms with Gasteiger partial charge in [0, 0.05) is 24.9 Å². The summed E-state index contributed by atoms with van der Waals surface area (Å²) in [6.07, 6.45) is 1.63. The fraction of sp³-hybridized carbons (Fsp3) is 0.588. The zero-order valence-corrected chi connectivity index (χ0v) is 15.0. The van der Waals surface area contributed by atoms with Gasteiger partial charge in [0.15, 0.2) is 0 Å². The third-order valence-electron chi connectivity index (χ3n) is 5.53. The van der Waals surface area contributed by atoms with Crippen molar-refractivity contribution in [1.29, 1.82) is 0 Å². The summed E-state index contributed by atoms with van der Waals surface area (Å²) in [4.78, 5) is 15.0. The van der Waals surface area contributed by atoms with Crippen LogP contribution in [0.15, 0.2) is 30.3 Å². The van der Waals surface area contributed by atoms with E-state index >= 15 is 0 Å². The van der Waals surface area contributed by atoms with E-state index in [9.17, 15) is 13.2 Å². The quantitative estimate of drug-likeness (QED) is 0.436. The minimum Gasteiger partial charge on any atom is -0.462 e. The first kappa shape index (κ1) is 17.9. The van der Waals surface area contributed by atoms with Crippen molar-refractivity contribution in [3.05, 3.63) is 35.9 Å². The highest BCUT2D eigenvalue weighted by molar-refractivity contribution is 7.80. The van der Waals surface area contributed by atoms with Crippen molar-refractivity contribution < 1.29 is 31.4 Å². The molecule has 0 aliphatic carbocycles. The number of fused-ring (bicyclic) bond motifs is 5. The molecule has 4 rings (SSSR count). The normalized spacial score (nSPS) is 34.2. The predicted octanol–water partition coefficient (Wildman–Crippen LogP) is 0.745. The fourth-order valence-corrected chi connectivity index (χ4v) is 4.49. The zero-order valence-electron chi connectivity index (χ0n) is 14.2. The van der Waals surface area contributed by atoms with Gasteiger partial charge in [0.25, 0.3) is 0 Å².